The zero-order valence-corrected chi connectivity index (χ0v) is 8.56. The van der Waals surface area contributed by atoms with Crippen molar-refractivity contribution in [2.45, 2.75) is 34.1 Å². The molecule has 0 rings (SSSR count). The molecule has 2 heteroatoms. The summed E-state index contributed by atoms with van der Waals surface area (Å²) in [5.41, 5.74) is 5.03. The highest BCUT2D eigenvalue weighted by Gasteiger charge is 1.89. The van der Waals surface area contributed by atoms with Gasteiger partial charge in [-0.15, -0.1) is 0 Å². The molecule has 0 heterocycles. The van der Waals surface area contributed by atoms with Crippen LogP contribution in [0.3, 0.4) is 0 Å². The van der Waals surface area contributed by atoms with E-state index in [1.807, 2.05) is 0 Å². The number of hydrogen-bond donors (Lipinski definition) is 1. The van der Waals surface area contributed by atoms with Gasteiger partial charge >= 0.3 is 0 Å². The fourth-order valence-corrected chi connectivity index (χ4v) is 0.671. The minimum atomic E-state index is 0.819. The summed E-state index contributed by atoms with van der Waals surface area (Å²) in [5, 5.41) is 0. The van der Waals surface area contributed by atoms with E-state index in [-0.39, 0.29) is 0 Å². The van der Waals surface area contributed by atoms with Gasteiger partial charge in [-0.25, -0.2) is 0 Å². The van der Waals surface area contributed by atoms with Crippen LogP contribution in [0, 0.1) is 0 Å². The van der Waals surface area contributed by atoms with Crippen molar-refractivity contribution in [1.29, 1.82) is 0 Å². The molecule has 0 bridgehead atoms. The van der Waals surface area contributed by atoms with Gasteiger partial charge in [0.05, 0.1) is 0 Å². The number of nitrogens with two attached hydrogens (primary N) is 1. The SMILES string of the molecule is CCCN.CCN(CC)CC. The summed E-state index contributed by atoms with van der Waals surface area (Å²) in [5.74, 6) is 0. The predicted octanol–water partition coefficient (Wildman–Crippen LogP) is 1.70. The fraction of sp³-hybridized carbons (Fsp3) is 1.00. The van der Waals surface area contributed by atoms with Crippen LogP contribution in [0.1, 0.15) is 34.1 Å². The van der Waals surface area contributed by atoms with Gasteiger partial charge in [0.2, 0.25) is 0 Å². The van der Waals surface area contributed by atoms with Crippen LogP contribution < -0.4 is 5.73 Å². The van der Waals surface area contributed by atoms with Gasteiger partial charge in [-0.1, -0.05) is 27.7 Å². The first kappa shape index (κ1) is 13.5. The zero-order chi connectivity index (χ0) is 9.11. The van der Waals surface area contributed by atoms with Crippen LogP contribution in [0.4, 0.5) is 0 Å². The van der Waals surface area contributed by atoms with E-state index in [1.165, 1.54) is 19.6 Å². The maximum absolute atomic E-state index is 5.03. The molecule has 70 valence electrons. The van der Waals surface area contributed by atoms with Crippen molar-refractivity contribution in [3.63, 3.8) is 0 Å². The lowest BCUT2D eigenvalue weighted by Crippen LogP contribution is -2.21. The van der Waals surface area contributed by atoms with Crippen molar-refractivity contribution >= 4 is 0 Å². The zero-order valence-electron chi connectivity index (χ0n) is 8.56. The Morgan fingerprint density at radius 2 is 1.18 bits per heavy atom. The first-order valence-electron chi connectivity index (χ1n) is 4.69. The van der Waals surface area contributed by atoms with Crippen molar-refractivity contribution in [3.8, 4) is 0 Å². The molecule has 2 nitrogen and oxygen atoms in total. The standard InChI is InChI=1S/C6H15N.C3H9N/c1-4-7(5-2)6-3;1-2-3-4/h4-6H2,1-3H3;2-4H2,1H3. The Hall–Kier alpha value is -0.0800. The van der Waals surface area contributed by atoms with Crippen molar-refractivity contribution in [2.24, 2.45) is 5.73 Å². The normalized spacial score (nSPS) is 9.27. The Bertz CT molecular complexity index is 44.0. The summed E-state index contributed by atoms with van der Waals surface area (Å²) in [4.78, 5) is 2.38. The molecule has 2 N–H and O–H groups in total. The van der Waals surface area contributed by atoms with E-state index in [0.29, 0.717) is 0 Å². The third kappa shape index (κ3) is 13.0. The summed E-state index contributed by atoms with van der Waals surface area (Å²) >= 11 is 0. The maximum Gasteiger partial charge on any atom is -0.00474 e. The summed E-state index contributed by atoms with van der Waals surface area (Å²) < 4.78 is 0. The van der Waals surface area contributed by atoms with Crippen LogP contribution in [0.5, 0.6) is 0 Å². The van der Waals surface area contributed by atoms with Crippen LogP contribution in [-0.2, 0) is 0 Å². The van der Waals surface area contributed by atoms with Crippen LogP contribution in [0.2, 0.25) is 0 Å². The largest absolute Gasteiger partial charge is 0.330 e. The van der Waals surface area contributed by atoms with Crippen LogP contribution in [-0.4, -0.2) is 31.1 Å². The van der Waals surface area contributed by atoms with Crippen molar-refractivity contribution in [3.05, 3.63) is 0 Å². The third-order valence-electron chi connectivity index (χ3n) is 1.63. The highest BCUT2D eigenvalue weighted by Crippen LogP contribution is 1.81. The molecule has 11 heavy (non-hydrogen) atoms. The molecule has 0 amide bonds. The molecule has 0 fully saturated rings. The van der Waals surface area contributed by atoms with Gasteiger partial charge in [-0.2, -0.15) is 0 Å². The van der Waals surface area contributed by atoms with Gasteiger partial charge in [0.15, 0.2) is 0 Å². The van der Waals surface area contributed by atoms with E-state index in [1.54, 1.807) is 0 Å². The Balaban J connectivity index is 0. The molecular formula is C9H24N2. The highest BCUT2D eigenvalue weighted by atomic mass is 15.1. The van der Waals surface area contributed by atoms with Gasteiger partial charge < -0.3 is 10.6 Å². The topological polar surface area (TPSA) is 29.3 Å². The fourth-order valence-electron chi connectivity index (χ4n) is 0.671. The smallest absolute Gasteiger partial charge is 0.00474 e. The minimum absolute atomic E-state index is 0.819. The molecule has 0 saturated carbocycles. The average molecular weight is 160 g/mol. The molecule has 0 aromatic carbocycles. The summed E-state index contributed by atoms with van der Waals surface area (Å²) in [6, 6.07) is 0. The molecule has 0 aromatic heterocycles. The predicted molar refractivity (Wildman–Crippen MR) is 52.8 cm³/mol. The maximum atomic E-state index is 5.03. The van der Waals surface area contributed by atoms with Gasteiger partial charge in [-0.3, -0.25) is 0 Å². The lowest BCUT2D eigenvalue weighted by Gasteiger charge is -2.13. The first-order valence-corrected chi connectivity index (χ1v) is 4.69. The minimum Gasteiger partial charge on any atom is -0.330 e. The quantitative estimate of drug-likeness (QED) is 0.678. The molecule has 0 aliphatic rings. The lowest BCUT2D eigenvalue weighted by molar-refractivity contribution is 0.321. The Labute approximate surface area is 71.8 Å². The van der Waals surface area contributed by atoms with Crippen molar-refractivity contribution in [1.82, 2.24) is 4.90 Å². The Morgan fingerprint density at radius 3 is 1.18 bits per heavy atom. The second-order valence-electron chi connectivity index (χ2n) is 2.41. The molecule has 0 aromatic rings. The van der Waals surface area contributed by atoms with Crippen molar-refractivity contribution in [2.75, 3.05) is 26.2 Å². The van der Waals surface area contributed by atoms with E-state index < -0.39 is 0 Å². The van der Waals surface area contributed by atoms with Crippen LogP contribution in [0.15, 0.2) is 0 Å². The van der Waals surface area contributed by atoms with E-state index in [9.17, 15) is 0 Å². The Morgan fingerprint density at radius 1 is 0.909 bits per heavy atom. The molecule has 0 saturated heterocycles. The molecule has 0 spiro atoms. The van der Waals surface area contributed by atoms with Gasteiger partial charge in [0.25, 0.3) is 0 Å². The number of hydrogen-bond acceptors (Lipinski definition) is 2. The number of rotatable bonds is 4. The molecule has 0 aliphatic carbocycles. The second-order valence-corrected chi connectivity index (χ2v) is 2.41. The van der Waals surface area contributed by atoms with E-state index in [0.717, 1.165) is 13.0 Å². The van der Waals surface area contributed by atoms with E-state index in [2.05, 4.69) is 32.6 Å². The van der Waals surface area contributed by atoms with Crippen molar-refractivity contribution < 1.29 is 0 Å². The highest BCUT2D eigenvalue weighted by molar-refractivity contribution is 4.43. The summed E-state index contributed by atoms with van der Waals surface area (Å²) in [6.45, 7) is 13.0. The van der Waals surface area contributed by atoms with Gasteiger partial charge in [-0.05, 0) is 32.6 Å². The molecule has 0 aliphatic heterocycles. The first-order chi connectivity index (χ1) is 5.26. The summed E-state index contributed by atoms with van der Waals surface area (Å²) in [7, 11) is 0. The van der Waals surface area contributed by atoms with Gasteiger partial charge in [0, 0.05) is 0 Å². The molecule has 0 unspecified atom stereocenters. The average Bonchev–Trinajstić information content (AvgIpc) is 2.08. The van der Waals surface area contributed by atoms with Gasteiger partial charge in [0.1, 0.15) is 0 Å². The molecule has 0 atom stereocenters. The lowest BCUT2D eigenvalue weighted by atomic mass is 10.5. The summed E-state index contributed by atoms with van der Waals surface area (Å²) in [6.07, 6.45) is 1.10. The number of nitrogens with zero attached hydrogens (tertiary/aromatic N) is 1. The Kier molecular flexibility index (Phi) is 15.4. The second kappa shape index (κ2) is 12.6. The van der Waals surface area contributed by atoms with E-state index >= 15 is 0 Å². The van der Waals surface area contributed by atoms with Crippen LogP contribution >= 0.6 is 0 Å². The third-order valence-corrected chi connectivity index (χ3v) is 1.63. The van der Waals surface area contributed by atoms with E-state index in [4.69, 9.17) is 5.73 Å². The molecular weight excluding hydrogens is 136 g/mol. The monoisotopic (exact) mass is 160 g/mol. The molecule has 0 radical (unpaired) electrons. The van der Waals surface area contributed by atoms with Crippen LogP contribution in [0.25, 0.3) is 0 Å².